The summed E-state index contributed by atoms with van der Waals surface area (Å²) in [5.74, 6) is -0.163. The van der Waals surface area contributed by atoms with Crippen LogP contribution in [0.2, 0.25) is 0 Å². The van der Waals surface area contributed by atoms with Crippen LogP contribution in [0.15, 0.2) is 24.4 Å². The van der Waals surface area contributed by atoms with Gasteiger partial charge in [0, 0.05) is 29.2 Å². The Morgan fingerprint density at radius 3 is 2.81 bits per heavy atom. The normalized spacial score (nSPS) is 21.6. The Morgan fingerprint density at radius 2 is 2.10 bits per heavy atom. The van der Waals surface area contributed by atoms with E-state index in [0.717, 1.165) is 41.4 Å². The number of fused-ring (bicyclic) bond motifs is 1. The second-order valence-corrected chi connectivity index (χ2v) is 6.04. The van der Waals surface area contributed by atoms with Gasteiger partial charge in [-0.3, -0.25) is 9.78 Å². The van der Waals surface area contributed by atoms with Crippen LogP contribution in [0, 0.1) is 19.8 Å². The van der Waals surface area contributed by atoms with E-state index in [2.05, 4.69) is 42.3 Å². The van der Waals surface area contributed by atoms with Gasteiger partial charge < -0.3 is 11.1 Å². The number of amides is 1. The predicted octanol–water partition coefficient (Wildman–Crippen LogP) is 2.92. The Labute approximate surface area is 124 Å². The van der Waals surface area contributed by atoms with E-state index in [4.69, 9.17) is 5.73 Å². The number of hydrogen-bond donors (Lipinski definition) is 2. The lowest BCUT2D eigenvalue weighted by atomic mass is 10.0. The van der Waals surface area contributed by atoms with Crippen LogP contribution in [0.25, 0.3) is 10.9 Å². The highest BCUT2D eigenvalue weighted by molar-refractivity contribution is 5.94. The molecule has 1 fully saturated rings. The van der Waals surface area contributed by atoms with Gasteiger partial charge in [0.2, 0.25) is 5.91 Å². The summed E-state index contributed by atoms with van der Waals surface area (Å²) >= 11 is 0. The number of para-hydroxylation sites is 1. The standard InChI is InChI=1S/C17H21N3O/c1-10-4-3-5-14-15(10)19-9-11(2)16(14)20-13-7-6-12(8-13)17(18)21/h3-5,9,12-13H,6-8H2,1-2H3,(H2,18,21)(H,19,20)/t12-,13+/m0/s1. The summed E-state index contributed by atoms with van der Waals surface area (Å²) in [7, 11) is 0. The number of nitrogens with one attached hydrogen (secondary N) is 1. The molecule has 3 N–H and O–H groups in total. The summed E-state index contributed by atoms with van der Waals surface area (Å²) in [6, 6.07) is 6.55. The Bertz CT molecular complexity index is 696. The molecular weight excluding hydrogens is 262 g/mol. The Hall–Kier alpha value is -2.10. The lowest BCUT2D eigenvalue weighted by Crippen LogP contribution is -2.23. The number of benzene rings is 1. The number of carbonyl (C=O) groups is 1. The Morgan fingerprint density at radius 1 is 1.29 bits per heavy atom. The molecule has 21 heavy (non-hydrogen) atoms. The molecule has 4 nitrogen and oxygen atoms in total. The number of nitrogens with zero attached hydrogens (tertiary/aromatic N) is 1. The first-order valence-electron chi connectivity index (χ1n) is 7.47. The average molecular weight is 283 g/mol. The van der Waals surface area contributed by atoms with E-state index < -0.39 is 0 Å². The number of rotatable bonds is 3. The SMILES string of the molecule is Cc1cnc2c(C)cccc2c1N[C@@H]1CC[C@H](C(N)=O)C1. The van der Waals surface area contributed by atoms with Crippen LogP contribution in [-0.4, -0.2) is 16.9 Å². The van der Waals surface area contributed by atoms with E-state index in [1.165, 1.54) is 5.56 Å². The van der Waals surface area contributed by atoms with Gasteiger partial charge in [0.05, 0.1) is 5.52 Å². The fourth-order valence-electron chi connectivity index (χ4n) is 3.24. The van der Waals surface area contributed by atoms with E-state index in [-0.39, 0.29) is 11.8 Å². The van der Waals surface area contributed by atoms with Crippen molar-refractivity contribution in [2.24, 2.45) is 11.7 Å². The molecule has 1 aliphatic rings. The largest absolute Gasteiger partial charge is 0.381 e. The van der Waals surface area contributed by atoms with Crippen molar-refractivity contribution in [1.82, 2.24) is 4.98 Å². The van der Waals surface area contributed by atoms with Crippen molar-refractivity contribution in [3.63, 3.8) is 0 Å². The number of aromatic nitrogens is 1. The van der Waals surface area contributed by atoms with Crippen LogP contribution in [0.3, 0.4) is 0 Å². The number of hydrogen-bond acceptors (Lipinski definition) is 3. The van der Waals surface area contributed by atoms with E-state index >= 15 is 0 Å². The zero-order valence-electron chi connectivity index (χ0n) is 12.5. The monoisotopic (exact) mass is 283 g/mol. The summed E-state index contributed by atoms with van der Waals surface area (Å²) in [6.45, 7) is 4.14. The molecule has 0 radical (unpaired) electrons. The molecule has 1 aromatic carbocycles. The first-order valence-corrected chi connectivity index (χ1v) is 7.47. The topological polar surface area (TPSA) is 68.0 Å². The molecule has 0 saturated heterocycles. The van der Waals surface area contributed by atoms with Crippen molar-refractivity contribution in [2.75, 3.05) is 5.32 Å². The van der Waals surface area contributed by atoms with E-state index in [0.29, 0.717) is 6.04 Å². The summed E-state index contributed by atoms with van der Waals surface area (Å²) in [5.41, 5.74) is 9.90. The fourth-order valence-corrected chi connectivity index (χ4v) is 3.24. The van der Waals surface area contributed by atoms with Crippen LogP contribution in [0.1, 0.15) is 30.4 Å². The second kappa shape index (κ2) is 5.35. The molecule has 0 spiro atoms. The number of aryl methyl sites for hydroxylation is 2. The van der Waals surface area contributed by atoms with Gasteiger partial charge in [0.1, 0.15) is 0 Å². The molecule has 0 aliphatic heterocycles. The minimum atomic E-state index is -0.175. The van der Waals surface area contributed by atoms with Crippen molar-refractivity contribution < 1.29 is 4.79 Å². The third kappa shape index (κ3) is 2.58. The summed E-state index contributed by atoms with van der Waals surface area (Å²) < 4.78 is 0. The highest BCUT2D eigenvalue weighted by atomic mass is 16.1. The first kappa shape index (κ1) is 13.9. The maximum Gasteiger partial charge on any atom is 0.220 e. The molecule has 1 aliphatic carbocycles. The highest BCUT2D eigenvalue weighted by Gasteiger charge is 2.28. The lowest BCUT2D eigenvalue weighted by Gasteiger charge is -2.18. The van der Waals surface area contributed by atoms with Crippen LogP contribution in [-0.2, 0) is 4.79 Å². The van der Waals surface area contributed by atoms with Crippen molar-refractivity contribution in [3.05, 3.63) is 35.5 Å². The quantitative estimate of drug-likeness (QED) is 0.910. The number of primary amides is 1. The predicted molar refractivity (Wildman–Crippen MR) is 85.2 cm³/mol. The van der Waals surface area contributed by atoms with Gasteiger partial charge in [0.15, 0.2) is 0 Å². The molecule has 0 bridgehead atoms. The maximum atomic E-state index is 11.3. The molecule has 1 aromatic heterocycles. The molecular formula is C17H21N3O. The third-order valence-electron chi connectivity index (χ3n) is 4.47. The number of pyridine rings is 1. The Balaban J connectivity index is 1.92. The smallest absolute Gasteiger partial charge is 0.220 e. The van der Waals surface area contributed by atoms with E-state index in [1.807, 2.05) is 6.20 Å². The van der Waals surface area contributed by atoms with Gasteiger partial charge in [-0.1, -0.05) is 18.2 Å². The minimum Gasteiger partial charge on any atom is -0.381 e. The van der Waals surface area contributed by atoms with Crippen LogP contribution < -0.4 is 11.1 Å². The third-order valence-corrected chi connectivity index (χ3v) is 4.47. The highest BCUT2D eigenvalue weighted by Crippen LogP contribution is 2.32. The zero-order valence-corrected chi connectivity index (χ0v) is 12.5. The number of nitrogens with two attached hydrogens (primary N) is 1. The average Bonchev–Trinajstić information content (AvgIpc) is 2.91. The first-order chi connectivity index (χ1) is 10.1. The molecule has 3 rings (SSSR count). The molecule has 2 atom stereocenters. The molecule has 1 amide bonds. The van der Waals surface area contributed by atoms with Gasteiger partial charge in [0.25, 0.3) is 0 Å². The second-order valence-electron chi connectivity index (χ2n) is 6.04. The Kier molecular flexibility index (Phi) is 3.53. The van der Waals surface area contributed by atoms with Gasteiger partial charge >= 0.3 is 0 Å². The van der Waals surface area contributed by atoms with Crippen molar-refractivity contribution >= 4 is 22.5 Å². The minimum absolute atomic E-state index is 0.0117. The van der Waals surface area contributed by atoms with Crippen molar-refractivity contribution in [3.8, 4) is 0 Å². The summed E-state index contributed by atoms with van der Waals surface area (Å²) in [4.78, 5) is 15.9. The van der Waals surface area contributed by atoms with Gasteiger partial charge in [-0.25, -0.2) is 0 Å². The number of anilines is 1. The molecule has 2 aromatic rings. The van der Waals surface area contributed by atoms with Gasteiger partial charge in [-0.15, -0.1) is 0 Å². The summed E-state index contributed by atoms with van der Waals surface area (Å²) in [5, 5.41) is 4.77. The zero-order chi connectivity index (χ0) is 15.0. The van der Waals surface area contributed by atoms with Crippen LogP contribution in [0.4, 0.5) is 5.69 Å². The van der Waals surface area contributed by atoms with Gasteiger partial charge in [-0.2, -0.15) is 0 Å². The summed E-state index contributed by atoms with van der Waals surface area (Å²) in [6.07, 6.45) is 4.61. The fraction of sp³-hybridized carbons (Fsp3) is 0.412. The lowest BCUT2D eigenvalue weighted by molar-refractivity contribution is -0.121. The maximum absolute atomic E-state index is 11.3. The van der Waals surface area contributed by atoms with Crippen molar-refractivity contribution in [2.45, 2.75) is 39.2 Å². The van der Waals surface area contributed by atoms with Crippen LogP contribution in [0.5, 0.6) is 0 Å². The van der Waals surface area contributed by atoms with E-state index in [9.17, 15) is 4.79 Å². The van der Waals surface area contributed by atoms with E-state index in [1.54, 1.807) is 0 Å². The number of carbonyl (C=O) groups excluding carboxylic acids is 1. The van der Waals surface area contributed by atoms with Crippen molar-refractivity contribution in [1.29, 1.82) is 0 Å². The molecule has 4 heteroatoms. The molecule has 1 saturated carbocycles. The van der Waals surface area contributed by atoms with Gasteiger partial charge in [-0.05, 0) is 44.2 Å². The molecule has 1 heterocycles. The molecule has 110 valence electrons. The molecule has 0 unspecified atom stereocenters. The van der Waals surface area contributed by atoms with Crippen LogP contribution >= 0.6 is 0 Å².